The molecule has 0 aromatic carbocycles. The van der Waals surface area contributed by atoms with Gasteiger partial charge < -0.3 is 19.3 Å². The molecule has 0 radical (unpaired) electrons. The van der Waals surface area contributed by atoms with Crippen LogP contribution in [0.2, 0.25) is 0 Å². The van der Waals surface area contributed by atoms with Gasteiger partial charge in [-0.05, 0) is 6.92 Å². The molecule has 1 N–H and O–H groups in total. The first-order valence-electron chi connectivity index (χ1n) is 4.25. The van der Waals surface area contributed by atoms with Crippen LogP contribution in [0, 0.1) is 0 Å². The van der Waals surface area contributed by atoms with Crippen molar-refractivity contribution in [3.63, 3.8) is 0 Å². The number of carbonyl (C=O) groups is 2. The quantitative estimate of drug-likeness (QED) is 0.640. The van der Waals surface area contributed by atoms with Gasteiger partial charge in [-0.25, -0.2) is 4.79 Å². The fourth-order valence-electron chi connectivity index (χ4n) is 0.933. The third-order valence-corrected chi connectivity index (χ3v) is 1.54. The van der Waals surface area contributed by atoms with Crippen LogP contribution in [-0.2, 0) is 19.0 Å². The smallest absolute Gasteiger partial charge is 0.462 e. The van der Waals surface area contributed by atoms with Gasteiger partial charge in [0.15, 0.2) is 6.10 Å². The van der Waals surface area contributed by atoms with Crippen molar-refractivity contribution in [3.05, 3.63) is 0 Å². The standard InChI is InChI=1S/C8H12O6/c1-5(9)2-7(10)12-3-6-4-13-8(11)14-6/h5-6,9H,2-4H2,1H3. The van der Waals surface area contributed by atoms with Crippen LogP contribution in [0.1, 0.15) is 13.3 Å². The number of hydrogen-bond acceptors (Lipinski definition) is 6. The molecule has 2 atom stereocenters. The number of rotatable bonds is 4. The summed E-state index contributed by atoms with van der Waals surface area (Å²) in [5, 5.41) is 8.85. The van der Waals surface area contributed by atoms with Crippen LogP contribution in [-0.4, -0.2) is 42.7 Å². The summed E-state index contributed by atoms with van der Waals surface area (Å²) in [4.78, 5) is 21.4. The highest BCUT2D eigenvalue weighted by atomic mass is 16.8. The zero-order valence-corrected chi connectivity index (χ0v) is 7.76. The average molecular weight is 204 g/mol. The summed E-state index contributed by atoms with van der Waals surface area (Å²) >= 11 is 0. The summed E-state index contributed by atoms with van der Waals surface area (Å²) in [5.41, 5.74) is 0. The van der Waals surface area contributed by atoms with Crippen LogP contribution in [0.25, 0.3) is 0 Å². The lowest BCUT2D eigenvalue weighted by atomic mass is 10.3. The molecule has 0 bridgehead atoms. The van der Waals surface area contributed by atoms with E-state index in [0.29, 0.717) is 0 Å². The highest BCUT2D eigenvalue weighted by Crippen LogP contribution is 2.06. The maximum Gasteiger partial charge on any atom is 0.508 e. The van der Waals surface area contributed by atoms with Crippen molar-refractivity contribution in [2.24, 2.45) is 0 Å². The highest BCUT2D eigenvalue weighted by molar-refractivity contribution is 5.70. The summed E-state index contributed by atoms with van der Waals surface area (Å²) in [6.45, 7) is 1.55. The molecule has 1 saturated heterocycles. The monoisotopic (exact) mass is 204 g/mol. The second-order valence-corrected chi connectivity index (χ2v) is 3.04. The van der Waals surface area contributed by atoms with Gasteiger partial charge in [0.25, 0.3) is 0 Å². The number of ether oxygens (including phenoxy) is 3. The van der Waals surface area contributed by atoms with Gasteiger partial charge in [0.1, 0.15) is 13.2 Å². The largest absolute Gasteiger partial charge is 0.508 e. The van der Waals surface area contributed by atoms with Crippen LogP contribution in [0.5, 0.6) is 0 Å². The summed E-state index contributed by atoms with van der Waals surface area (Å²) in [6.07, 6.45) is -2.08. The Kier molecular flexibility index (Phi) is 3.70. The summed E-state index contributed by atoms with van der Waals surface area (Å²) in [6, 6.07) is 0. The Morgan fingerprint density at radius 1 is 1.79 bits per heavy atom. The first kappa shape index (κ1) is 10.8. The number of aliphatic hydroxyl groups is 1. The lowest BCUT2D eigenvalue weighted by Gasteiger charge is -2.08. The Bertz CT molecular complexity index is 224. The minimum absolute atomic E-state index is 0.0305. The molecule has 14 heavy (non-hydrogen) atoms. The summed E-state index contributed by atoms with van der Waals surface area (Å²) in [5.74, 6) is -0.525. The summed E-state index contributed by atoms with van der Waals surface area (Å²) in [7, 11) is 0. The highest BCUT2D eigenvalue weighted by Gasteiger charge is 2.26. The van der Waals surface area contributed by atoms with Crippen molar-refractivity contribution in [1.82, 2.24) is 0 Å². The van der Waals surface area contributed by atoms with E-state index < -0.39 is 24.3 Å². The van der Waals surface area contributed by atoms with Crippen molar-refractivity contribution < 1.29 is 28.9 Å². The van der Waals surface area contributed by atoms with Gasteiger partial charge in [-0.1, -0.05) is 0 Å². The lowest BCUT2D eigenvalue weighted by Crippen LogP contribution is -2.22. The number of carbonyl (C=O) groups excluding carboxylic acids is 2. The second kappa shape index (κ2) is 4.80. The molecule has 1 rings (SSSR count). The molecule has 1 aliphatic heterocycles. The van der Waals surface area contributed by atoms with E-state index in [2.05, 4.69) is 9.47 Å². The molecular weight excluding hydrogens is 192 g/mol. The van der Waals surface area contributed by atoms with Gasteiger partial charge in [-0.2, -0.15) is 0 Å². The first-order chi connectivity index (χ1) is 6.58. The van der Waals surface area contributed by atoms with E-state index in [9.17, 15) is 9.59 Å². The third-order valence-electron chi connectivity index (χ3n) is 1.54. The molecule has 80 valence electrons. The molecule has 1 fully saturated rings. The van der Waals surface area contributed by atoms with Gasteiger partial charge in [0, 0.05) is 0 Å². The molecule has 6 nitrogen and oxygen atoms in total. The van der Waals surface area contributed by atoms with Crippen LogP contribution < -0.4 is 0 Å². The minimum Gasteiger partial charge on any atom is -0.462 e. The number of esters is 1. The Labute approximate surface area is 80.7 Å². The normalized spacial score (nSPS) is 22.4. The van der Waals surface area contributed by atoms with E-state index in [1.165, 1.54) is 6.92 Å². The van der Waals surface area contributed by atoms with Crippen molar-refractivity contribution in [3.8, 4) is 0 Å². The van der Waals surface area contributed by atoms with Crippen molar-refractivity contribution in [2.75, 3.05) is 13.2 Å². The van der Waals surface area contributed by atoms with E-state index in [0.717, 1.165) is 0 Å². The average Bonchev–Trinajstić information content (AvgIpc) is 2.47. The van der Waals surface area contributed by atoms with Crippen molar-refractivity contribution >= 4 is 12.1 Å². The van der Waals surface area contributed by atoms with Crippen LogP contribution in [0.4, 0.5) is 4.79 Å². The van der Waals surface area contributed by atoms with Crippen LogP contribution >= 0.6 is 0 Å². The molecule has 0 spiro atoms. The van der Waals surface area contributed by atoms with E-state index in [1.807, 2.05) is 0 Å². The van der Waals surface area contributed by atoms with Gasteiger partial charge in [0.05, 0.1) is 12.5 Å². The van der Waals surface area contributed by atoms with Gasteiger partial charge in [-0.3, -0.25) is 4.79 Å². The summed E-state index contributed by atoms with van der Waals surface area (Å²) < 4.78 is 13.8. The molecule has 0 saturated carbocycles. The van der Waals surface area contributed by atoms with Gasteiger partial charge in [0.2, 0.25) is 0 Å². The molecule has 1 heterocycles. The fourth-order valence-corrected chi connectivity index (χ4v) is 0.933. The van der Waals surface area contributed by atoms with Crippen molar-refractivity contribution in [1.29, 1.82) is 0 Å². The predicted octanol–water partition coefficient (Wildman–Crippen LogP) is -0.164. The number of hydrogen-bond donors (Lipinski definition) is 1. The minimum atomic E-state index is -0.749. The van der Waals surface area contributed by atoms with Crippen LogP contribution in [0.15, 0.2) is 0 Å². The topological polar surface area (TPSA) is 82.1 Å². The van der Waals surface area contributed by atoms with E-state index in [1.54, 1.807) is 0 Å². The third kappa shape index (κ3) is 3.61. The van der Waals surface area contributed by atoms with E-state index in [-0.39, 0.29) is 19.6 Å². The molecule has 0 aromatic heterocycles. The zero-order chi connectivity index (χ0) is 10.6. The maximum absolute atomic E-state index is 10.9. The number of aliphatic hydroxyl groups excluding tert-OH is 1. The van der Waals surface area contributed by atoms with Crippen molar-refractivity contribution in [2.45, 2.75) is 25.6 Å². The SMILES string of the molecule is CC(O)CC(=O)OCC1COC(=O)O1. The van der Waals surface area contributed by atoms with E-state index in [4.69, 9.17) is 9.84 Å². The molecule has 0 aliphatic carbocycles. The molecule has 6 heteroatoms. The second-order valence-electron chi connectivity index (χ2n) is 3.04. The fraction of sp³-hybridized carbons (Fsp3) is 0.750. The Morgan fingerprint density at radius 3 is 3.00 bits per heavy atom. The molecule has 0 aromatic rings. The van der Waals surface area contributed by atoms with Crippen LogP contribution in [0.3, 0.4) is 0 Å². The Morgan fingerprint density at radius 2 is 2.50 bits per heavy atom. The molecule has 0 amide bonds. The maximum atomic E-state index is 10.9. The van der Waals surface area contributed by atoms with Gasteiger partial charge >= 0.3 is 12.1 Å². The Hall–Kier alpha value is -1.30. The first-order valence-corrected chi connectivity index (χ1v) is 4.25. The predicted molar refractivity (Wildman–Crippen MR) is 43.5 cm³/mol. The van der Waals surface area contributed by atoms with Gasteiger partial charge in [-0.15, -0.1) is 0 Å². The molecule has 1 aliphatic rings. The molecular formula is C8H12O6. The lowest BCUT2D eigenvalue weighted by molar-refractivity contribution is -0.148. The van der Waals surface area contributed by atoms with E-state index >= 15 is 0 Å². The Balaban J connectivity index is 2.14. The number of cyclic esters (lactones) is 2. The molecule has 2 unspecified atom stereocenters. The zero-order valence-electron chi connectivity index (χ0n) is 7.76.